The first-order valence-corrected chi connectivity index (χ1v) is 5.26. The number of carboxylic acids is 1. The summed E-state index contributed by atoms with van der Waals surface area (Å²) in [6.07, 6.45) is 2.05. The molecule has 0 bridgehead atoms. The lowest BCUT2D eigenvalue weighted by molar-refractivity contribution is 0.0693. The van der Waals surface area contributed by atoms with Crippen LogP contribution in [0.4, 0.5) is 16.0 Å². The van der Waals surface area contributed by atoms with E-state index in [1.54, 1.807) is 6.07 Å². The second-order valence-corrected chi connectivity index (χ2v) is 3.57. The third-order valence-electron chi connectivity index (χ3n) is 2.31. The highest BCUT2D eigenvalue weighted by molar-refractivity contribution is 5.91. The van der Waals surface area contributed by atoms with E-state index < -0.39 is 11.8 Å². The number of hydrogen-bond acceptors (Lipinski definition) is 5. The van der Waals surface area contributed by atoms with Crippen LogP contribution in [-0.2, 0) is 0 Å². The molecule has 1 aromatic carbocycles. The van der Waals surface area contributed by atoms with E-state index in [2.05, 4.69) is 15.3 Å². The highest BCUT2D eigenvalue weighted by atomic mass is 19.1. The van der Waals surface area contributed by atoms with Gasteiger partial charge < -0.3 is 15.2 Å². The molecule has 98 valence electrons. The zero-order valence-electron chi connectivity index (χ0n) is 9.92. The van der Waals surface area contributed by atoms with Crippen LogP contribution in [0.3, 0.4) is 0 Å². The zero-order chi connectivity index (χ0) is 13.8. The van der Waals surface area contributed by atoms with Crippen molar-refractivity contribution in [1.29, 1.82) is 0 Å². The highest BCUT2D eigenvalue weighted by Gasteiger charge is 2.11. The van der Waals surface area contributed by atoms with Gasteiger partial charge in [0.05, 0.1) is 19.5 Å². The first kappa shape index (κ1) is 12.7. The van der Waals surface area contributed by atoms with E-state index in [4.69, 9.17) is 9.84 Å². The minimum absolute atomic E-state index is 0.0491. The first-order valence-electron chi connectivity index (χ1n) is 5.26. The normalized spacial score (nSPS) is 10.0. The SMILES string of the molecule is COc1cc(Nc2ncc(F)cn2)ccc1C(=O)O. The van der Waals surface area contributed by atoms with Crippen molar-refractivity contribution in [3.8, 4) is 5.75 Å². The molecular weight excluding hydrogens is 253 g/mol. The second-order valence-electron chi connectivity index (χ2n) is 3.57. The summed E-state index contributed by atoms with van der Waals surface area (Å²) < 4.78 is 17.6. The van der Waals surface area contributed by atoms with E-state index in [1.165, 1.54) is 19.2 Å². The summed E-state index contributed by atoms with van der Waals surface area (Å²) in [6.45, 7) is 0. The van der Waals surface area contributed by atoms with Crippen molar-refractivity contribution < 1.29 is 19.0 Å². The average molecular weight is 263 g/mol. The number of aromatic carboxylic acids is 1. The monoisotopic (exact) mass is 263 g/mol. The number of nitrogens with one attached hydrogen (secondary N) is 1. The topological polar surface area (TPSA) is 84.3 Å². The van der Waals surface area contributed by atoms with Crippen LogP contribution in [-0.4, -0.2) is 28.2 Å². The third kappa shape index (κ3) is 2.95. The molecule has 0 aliphatic heterocycles. The number of aromatic nitrogens is 2. The van der Waals surface area contributed by atoms with Gasteiger partial charge in [-0.2, -0.15) is 0 Å². The minimum atomic E-state index is -1.08. The van der Waals surface area contributed by atoms with Gasteiger partial charge in [0.25, 0.3) is 0 Å². The van der Waals surface area contributed by atoms with Crippen LogP contribution in [0.1, 0.15) is 10.4 Å². The summed E-state index contributed by atoms with van der Waals surface area (Å²) in [4.78, 5) is 18.4. The maximum absolute atomic E-state index is 12.6. The molecule has 6 nitrogen and oxygen atoms in total. The molecule has 0 aliphatic carbocycles. The molecule has 0 saturated heterocycles. The Morgan fingerprint density at radius 2 is 2.05 bits per heavy atom. The summed E-state index contributed by atoms with van der Waals surface area (Å²) >= 11 is 0. The van der Waals surface area contributed by atoms with Gasteiger partial charge in [-0.1, -0.05) is 0 Å². The molecule has 0 atom stereocenters. The van der Waals surface area contributed by atoms with Gasteiger partial charge in [-0.15, -0.1) is 0 Å². The van der Waals surface area contributed by atoms with Crippen molar-refractivity contribution in [2.75, 3.05) is 12.4 Å². The van der Waals surface area contributed by atoms with Crippen LogP contribution in [0.2, 0.25) is 0 Å². The van der Waals surface area contributed by atoms with Crippen molar-refractivity contribution in [2.45, 2.75) is 0 Å². The van der Waals surface area contributed by atoms with Crippen molar-refractivity contribution in [2.24, 2.45) is 0 Å². The van der Waals surface area contributed by atoms with Gasteiger partial charge in [-0.3, -0.25) is 0 Å². The lowest BCUT2D eigenvalue weighted by Gasteiger charge is -2.08. The largest absolute Gasteiger partial charge is 0.496 e. The predicted molar refractivity (Wildman–Crippen MR) is 65.2 cm³/mol. The summed E-state index contributed by atoms with van der Waals surface area (Å²) in [7, 11) is 1.37. The predicted octanol–water partition coefficient (Wildman–Crippen LogP) is 2.07. The molecule has 2 N–H and O–H groups in total. The maximum atomic E-state index is 12.6. The van der Waals surface area contributed by atoms with Gasteiger partial charge in [0, 0.05) is 11.8 Å². The van der Waals surface area contributed by atoms with Gasteiger partial charge in [0.1, 0.15) is 11.3 Å². The molecule has 0 amide bonds. The first-order chi connectivity index (χ1) is 9.10. The quantitative estimate of drug-likeness (QED) is 0.878. The molecule has 1 aromatic heterocycles. The standard InChI is InChI=1S/C12H10FN3O3/c1-19-10-4-8(2-3-9(10)11(17)18)16-12-14-5-7(13)6-15-12/h2-6H,1H3,(H,17,18)(H,14,15,16). The lowest BCUT2D eigenvalue weighted by atomic mass is 10.2. The van der Waals surface area contributed by atoms with E-state index in [0.717, 1.165) is 12.4 Å². The fourth-order valence-electron chi connectivity index (χ4n) is 1.45. The van der Waals surface area contributed by atoms with Gasteiger partial charge in [-0.25, -0.2) is 19.2 Å². The highest BCUT2D eigenvalue weighted by Crippen LogP contribution is 2.24. The number of ether oxygens (including phenoxy) is 1. The molecule has 2 aromatic rings. The smallest absolute Gasteiger partial charge is 0.339 e. The van der Waals surface area contributed by atoms with Crippen LogP contribution in [0.25, 0.3) is 0 Å². The molecule has 0 unspecified atom stereocenters. The molecule has 0 saturated carbocycles. The Bertz CT molecular complexity index is 602. The van der Waals surface area contributed by atoms with E-state index in [-0.39, 0.29) is 17.3 Å². The van der Waals surface area contributed by atoms with E-state index in [1.807, 2.05) is 0 Å². The van der Waals surface area contributed by atoms with Gasteiger partial charge >= 0.3 is 5.97 Å². The van der Waals surface area contributed by atoms with Gasteiger partial charge in [0.2, 0.25) is 5.95 Å². The van der Waals surface area contributed by atoms with E-state index in [9.17, 15) is 9.18 Å². The van der Waals surface area contributed by atoms with Crippen LogP contribution >= 0.6 is 0 Å². The van der Waals surface area contributed by atoms with Crippen LogP contribution in [0.5, 0.6) is 5.75 Å². The lowest BCUT2D eigenvalue weighted by Crippen LogP contribution is -2.02. The number of halogens is 1. The number of rotatable bonds is 4. The number of carboxylic acid groups (broad SMARTS) is 1. The Morgan fingerprint density at radius 1 is 1.37 bits per heavy atom. The summed E-state index contributed by atoms with van der Waals surface area (Å²) in [6, 6.07) is 4.43. The molecule has 0 aliphatic rings. The number of benzene rings is 1. The Hall–Kier alpha value is -2.70. The fraction of sp³-hybridized carbons (Fsp3) is 0.0833. The van der Waals surface area contributed by atoms with Crippen LogP contribution in [0, 0.1) is 5.82 Å². The molecule has 0 spiro atoms. The number of hydrogen-bond donors (Lipinski definition) is 2. The number of anilines is 2. The number of nitrogens with zero attached hydrogens (tertiary/aromatic N) is 2. The van der Waals surface area contributed by atoms with E-state index in [0.29, 0.717) is 5.69 Å². The van der Waals surface area contributed by atoms with Crippen LogP contribution < -0.4 is 10.1 Å². The van der Waals surface area contributed by atoms with Gasteiger partial charge in [-0.05, 0) is 12.1 Å². The second kappa shape index (κ2) is 5.30. The van der Waals surface area contributed by atoms with Crippen molar-refractivity contribution in [1.82, 2.24) is 9.97 Å². The Labute approximate surface area is 107 Å². The minimum Gasteiger partial charge on any atom is -0.496 e. The molecular formula is C12H10FN3O3. The van der Waals surface area contributed by atoms with E-state index >= 15 is 0 Å². The Kier molecular flexibility index (Phi) is 3.56. The molecule has 0 fully saturated rings. The summed E-state index contributed by atoms with van der Waals surface area (Å²) in [5.74, 6) is -1.21. The Morgan fingerprint density at radius 3 is 2.63 bits per heavy atom. The summed E-state index contributed by atoms with van der Waals surface area (Å²) in [5.41, 5.74) is 0.585. The van der Waals surface area contributed by atoms with Gasteiger partial charge in [0.15, 0.2) is 5.82 Å². The molecule has 19 heavy (non-hydrogen) atoms. The molecule has 1 heterocycles. The molecule has 0 radical (unpaired) electrons. The van der Waals surface area contributed by atoms with Crippen molar-refractivity contribution >= 4 is 17.6 Å². The maximum Gasteiger partial charge on any atom is 0.339 e. The number of methoxy groups -OCH3 is 1. The van der Waals surface area contributed by atoms with Crippen LogP contribution in [0.15, 0.2) is 30.6 Å². The Balaban J connectivity index is 2.26. The van der Waals surface area contributed by atoms with Crippen molar-refractivity contribution in [3.63, 3.8) is 0 Å². The molecule has 2 rings (SSSR count). The average Bonchev–Trinajstić information content (AvgIpc) is 2.41. The number of carbonyl (C=O) groups is 1. The van der Waals surface area contributed by atoms with Crippen molar-refractivity contribution in [3.05, 3.63) is 42.0 Å². The fourth-order valence-corrected chi connectivity index (χ4v) is 1.45. The zero-order valence-corrected chi connectivity index (χ0v) is 9.92. The third-order valence-corrected chi connectivity index (χ3v) is 2.31. The summed E-state index contributed by atoms with van der Waals surface area (Å²) in [5, 5.41) is 11.8. The molecule has 7 heteroatoms.